The van der Waals surface area contributed by atoms with Crippen molar-refractivity contribution < 1.29 is 17.6 Å². The predicted molar refractivity (Wildman–Crippen MR) is 73.9 cm³/mol. The molecule has 1 heterocycles. The third-order valence-electron chi connectivity index (χ3n) is 3.38. The fourth-order valence-electron chi connectivity index (χ4n) is 2.30. The molecule has 110 valence electrons. The first-order chi connectivity index (χ1) is 9.30. The lowest BCUT2D eigenvalue weighted by Crippen LogP contribution is -2.36. The molecule has 20 heavy (non-hydrogen) atoms. The molecule has 0 unspecified atom stereocenters. The Kier molecular flexibility index (Phi) is 4.34. The number of halogens is 2. The smallest absolute Gasteiger partial charge is 0.261 e. The van der Waals surface area contributed by atoms with Gasteiger partial charge in [-0.15, -0.1) is 0 Å². The zero-order chi connectivity index (χ0) is 14.9. The quantitative estimate of drug-likeness (QED) is 0.788. The van der Waals surface area contributed by atoms with Crippen molar-refractivity contribution in [2.75, 3.05) is 13.1 Å². The van der Waals surface area contributed by atoms with Gasteiger partial charge in [-0.1, -0.05) is 0 Å². The molecule has 0 bridgehead atoms. The van der Waals surface area contributed by atoms with Gasteiger partial charge in [-0.3, -0.25) is 4.79 Å². The average Bonchev–Trinajstić information content (AvgIpc) is 2.40. The molecular weight excluding hydrogens is 305 g/mol. The average molecular weight is 320 g/mol. The van der Waals surface area contributed by atoms with Gasteiger partial charge in [-0.05, 0) is 43.9 Å². The Morgan fingerprint density at radius 3 is 2.40 bits per heavy atom. The third-order valence-corrected chi connectivity index (χ3v) is 4.72. The van der Waals surface area contributed by atoms with Crippen molar-refractivity contribution in [3.05, 3.63) is 29.1 Å². The molecule has 0 atom stereocenters. The molecule has 1 amide bonds. The molecule has 0 radical (unpaired) electrons. The van der Waals surface area contributed by atoms with Gasteiger partial charge >= 0.3 is 0 Å². The van der Waals surface area contributed by atoms with Gasteiger partial charge < -0.3 is 4.90 Å². The number of carbonyl (C=O) groups is 1. The summed E-state index contributed by atoms with van der Waals surface area (Å²) in [5.74, 6) is -1.17. The van der Waals surface area contributed by atoms with E-state index in [1.165, 1.54) is 6.92 Å². The van der Waals surface area contributed by atoms with Crippen molar-refractivity contribution in [3.63, 3.8) is 0 Å². The summed E-state index contributed by atoms with van der Waals surface area (Å²) in [6, 6.07) is 2.15. The van der Waals surface area contributed by atoms with E-state index in [0.29, 0.717) is 13.1 Å². The number of amides is 1. The molecule has 1 aromatic rings. The summed E-state index contributed by atoms with van der Waals surface area (Å²) < 4.78 is 36.8. The zero-order valence-electron chi connectivity index (χ0n) is 11.0. The predicted octanol–water partition coefficient (Wildman–Crippen LogP) is 2.69. The van der Waals surface area contributed by atoms with E-state index < -0.39 is 20.8 Å². The van der Waals surface area contributed by atoms with Crippen molar-refractivity contribution in [3.8, 4) is 0 Å². The minimum absolute atomic E-state index is 0.0899. The van der Waals surface area contributed by atoms with Crippen LogP contribution in [0.15, 0.2) is 17.0 Å². The largest absolute Gasteiger partial charge is 0.339 e. The Hall–Kier alpha value is -1.14. The highest BCUT2D eigenvalue weighted by molar-refractivity contribution is 8.13. The van der Waals surface area contributed by atoms with Gasteiger partial charge in [0.05, 0.1) is 10.5 Å². The first-order valence-corrected chi connectivity index (χ1v) is 8.65. The summed E-state index contributed by atoms with van der Waals surface area (Å²) in [6.07, 6.45) is 2.79. The number of hydrogen-bond donors (Lipinski definition) is 0. The molecule has 0 N–H and O–H groups in total. The normalized spacial score (nSPS) is 16.2. The number of carbonyl (C=O) groups excluding carboxylic acids is 1. The lowest BCUT2D eigenvalue weighted by Gasteiger charge is -2.27. The standard InChI is InChI=1S/C13H15ClFNO3S/c1-9-7-10(20(14,18)19)8-11(12(9)15)13(17)16-5-3-2-4-6-16/h7-8H,2-6H2,1H3. The molecule has 1 saturated heterocycles. The van der Waals surface area contributed by atoms with Crippen LogP contribution in [0.1, 0.15) is 35.2 Å². The van der Waals surface area contributed by atoms with Crippen molar-refractivity contribution in [1.82, 2.24) is 4.90 Å². The molecule has 1 fully saturated rings. The Morgan fingerprint density at radius 2 is 1.85 bits per heavy atom. The second kappa shape index (κ2) is 5.69. The number of benzene rings is 1. The van der Waals surface area contributed by atoms with Gasteiger partial charge in [0.2, 0.25) is 0 Å². The molecule has 0 saturated carbocycles. The molecule has 0 aliphatic carbocycles. The van der Waals surface area contributed by atoms with E-state index in [4.69, 9.17) is 10.7 Å². The van der Waals surface area contributed by atoms with E-state index in [1.54, 1.807) is 4.90 Å². The van der Waals surface area contributed by atoms with E-state index in [2.05, 4.69) is 0 Å². The Labute approximate surface area is 121 Å². The first-order valence-electron chi connectivity index (χ1n) is 6.35. The number of hydrogen-bond acceptors (Lipinski definition) is 3. The Balaban J connectivity index is 2.44. The van der Waals surface area contributed by atoms with Gasteiger partial charge in [0.15, 0.2) is 0 Å². The van der Waals surface area contributed by atoms with Gasteiger partial charge in [0.25, 0.3) is 15.0 Å². The van der Waals surface area contributed by atoms with Crippen LogP contribution in [0, 0.1) is 12.7 Å². The highest BCUT2D eigenvalue weighted by Gasteiger charge is 2.24. The maximum Gasteiger partial charge on any atom is 0.261 e. The van der Waals surface area contributed by atoms with Gasteiger partial charge in [-0.25, -0.2) is 12.8 Å². The second-order valence-corrected chi connectivity index (χ2v) is 7.46. The van der Waals surface area contributed by atoms with E-state index >= 15 is 0 Å². The van der Waals surface area contributed by atoms with Crippen LogP contribution in [0.3, 0.4) is 0 Å². The van der Waals surface area contributed by atoms with Crippen LogP contribution in [0.25, 0.3) is 0 Å². The van der Waals surface area contributed by atoms with Crippen LogP contribution in [0.5, 0.6) is 0 Å². The summed E-state index contributed by atoms with van der Waals surface area (Å²) in [7, 11) is 1.28. The van der Waals surface area contributed by atoms with Gasteiger partial charge in [0.1, 0.15) is 5.82 Å². The lowest BCUT2D eigenvalue weighted by atomic mass is 10.1. The monoisotopic (exact) mass is 319 g/mol. The van der Waals surface area contributed by atoms with Crippen molar-refractivity contribution in [2.24, 2.45) is 0 Å². The summed E-state index contributed by atoms with van der Waals surface area (Å²) in [6.45, 7) is 2.54. The third kappa shape index (κ3) is 3.12. The van der Waals surface area contributed by atoms with Crippen molar-refractivity contribution in [1.29, 1.82) is 0 Å². The SMILES string of the molecule is Cc1cc(S(=O)(=O)Cl)cc(C(=O)N2CCCCC2)c1F. The second-order valence-electron chi connectivity index (χ2n) is 4.89. The van der Waals surface area contributed by atoms with E-state index in [-0.39, 0.29) is 16.0 Å². The van der Waals surface area contributed by atoms with Crippen molar-refractivity contribution >= 4 is 25.6 Å². The number of likely N-dealkylation sites (tertiary alicyclic amines) is 1. The fourth-order valence-corrected chi connectivity index (χ4v) is 3.14. The zero-order valence-corrected chi connectivity index (χ0v) is 12.6. The molecule has 1 aliphatic heterocycles. The lowest BCUT2D eigenvalue weighted by molar-refractivity contribution is 0.0719. The van der Waals surface area contributed by atoms with Crippen LogP contribution >= 0.6 is 10.7 Å². The van der Waals surface area contributed by atoms with Crippen LogP contribution < -0.4 is 0 Å². The number of aryl methyl sites for hydroxylation is 1. The summed E-state index contributed by atoms with van der Waals surface area (Å²) in [4.78, 5) is 13.6. The van der Waals surface area contributed by atoms with Crippen molar-refractivity contribution in [2.45, 2.75) is 31.1 Å². The minimum atomic E-state index is -3.99. The molecule has 1 aromatic carbocycles. The maximum absolute atomic E-state index is 14.1. The van der Waals surface area contributed by atoms with E-state index in [0.717, 1.165) is 31.4 Å². The Bertz CT molecular complexity index is 639. The molecule has 1 aliphatic rings. The van der Waals surface area contributed by atoms with Gasteiger partial charge in [0, 0.05) is 23.8 Å². The van der Waals surface area contributed by atoms with Gasteiger partial charge in [-0.2, -0.15) is 0 Å². The van der Waals surface area contributed by atoms with E-state index in [1.807, 2.05) is 0 Å². The Morgan fingerprint density at radius 1 is 1.25 bits per heavy atom. The van der Waals surface area contributed by atoms with Crippen LogP contribution in [-0.2, 0) is 9.05 Å². The van der Waals surface area contributed by atoms with Crippen LogP contribution in [0.2, 0.25) is 0 Å². The number of piperidine rings is 1. The molecule has 2 rings (SSSR count). The minimum Gasteiger partial charge on any atom is -0.339 e. The van der Waals surface area contributed by atoms with E-state index in [9.17, 15) is 17.6 Å². The molecule has 0 spiro atoms. The molecule has 0 aromatic heterocycles. The highest BCUT2D eigenvalue weighted by atomic mass is 35.7. The molecular formula is C13H15ClFNO3S. The van der Waals surface area contributed by atoms with Crippen LogP contribution in [-0.4, -0.2) is 32.3 Å². The first kappa shape index (κ1) is 15.3. The maximum atomic E-state index is 14.1. The molecule has 7 heteroatoms. The summed E-state index contributed by atoms with van der Waals surface area (Å²) in [5.41, 5.74) is -0.141. The molecule has 4 nitrogen and oxygen atoms in total. The topological polar surface area (TPSA) is 54.5 Å². The number of nitrogens with zero attached hydrogens (tertiary/aromatic N) is 1. The fraction of sp³-hybridized carbons (Fsp3) is 0.462. The van der Waals surface area contributed by atoms with Crippen LogP contribution in [0.4, 0.5) is 4.39 Å². The summed E-state index contributed by atoms with van der Waals surface area (Å²) >= 11 is 0. The highest BCUT2D eigenvalue weighted by Crippen LogP contribution is 2.24. The number of rotatable bonds is 2. The summed E-state index contributed by atoms with van der Waals surface area (Å²) in [5, 5.41) is 0.